The summed E-state index contributed by atoms with van der Waals surface area (Å²) in [7, 11) is 1.69. The summed E-state index contributed by atoms with van der Waals surface area (Å²) in [5.41, 5.74) is 3.96. The minimum absolute atomic E-state index is 0.254. The lowest BCUT2D eigenvalue weighted by molar-refractivity contribution is 0.116. The predicted molar refractivity (Wildman–Crippen MR) is 114 cm³/mol. The molecule has 5 heteroatoms. The molecule has 1 atom stereocenters. The maximum atomic E-state index is 9.58. The van der Waals surface area contributed by atoms with Crippen molar-refractivity contribution in [3.05, 3.63) is 59.1 Å². The summed E-state index contributed by atoms with van der Waals surface area (Å²) in [6.07, 6.45) is 2.21. The number of aliphatic hydroxyl groups excluding tert-OH is 1. The highest BCUT2D eigenvalue weighted by atomic mass is 35.5. The van der Waals surface area contributed by atoms with E-state index in [2.05, 4.69) is 11.0 Å². The average molecular weight is 397 g/mol. The van der Waals surface area contributed by atoms with Crippen LogP contribution in [0.25, 0.3) is 22.2 Å². The van der Waals surface area contributed by atoms with E-state index in [0.29, 0.717) is 10.9 Å². The Morgan fingerprint density at radius 3 is 2.89 bits per heavy atom. The smallest absolute Gasteiger partial charge is 0.128 e. The van der Waals surface area contributed by atoms with Gasteiger partial charge in [-0.25, -0.2) is 4.98 Å². The van der Waals surface area contributed by atoms with E-state index in [1.807, 2.05) is 42.5 Å². The Hall–Kier alpha value is -2.14. The van der Waals surface area contributed by atoms with Crippen LogP contribution in [-0.4, -0.2) is 41.8 Å². The molecule has 1 aliphatic heterocycles. The number of likely N-dealkylation sites (tertiary alicyclic amines) is 1. The molecule has 1 aliphatic rings. The fraction of sp³-hybridized carbons (Fsp3) is 0.348. The molecule has 28 heavy (non-hydrogen) atoms. The second-order valence-electron chi connectivity index (χ2n) is 7.46. The van der Waals surface area contributed by atoms with E-state index in [4.69, 9.17) is 21.3 Å². The molecule has 0 aliphatic carbocycles. The van der Waals surface area contributed by atoms with Crippen molar-refractivity contribution in [2.45, 2.75) is 19.4 Å². The first kappa shape index (κ1) is 19.2. The van der Waals surface area contributed by atoms with E-state index < -0.39 is 0 Å². The second kappa shape index (κ2) is 8.48. The van der Waals surface area contributed by atoms with E-state index in [1.54, 1.807) is 7.11 Å². The van der Waals surface area contributed by atoms with E-state index in [9.17, 15) is 5.11 Å². The zero-order valence-electron chi connectivity index (χ0n) is 16.1. The highest BCUT2D eigenvalue weighted by Crippen LogP contribution is 2.34. The maximum absolute atomic E-state index is 9.58. The molecule has 146 valence electrons. The molecule has 4 rings (SSSR count). The van der Waals surface area contributed by atoms with Crippen molar-refractivity contribution in [3.8, 4) is 17.0 Å². The molecular formula is C23H25ClN2O2. The molecule has 0 spiro atoms. The number of hydrogen-bond acceptors (Lipinski definition) is 4. The van der Waals surface area contributed by atoms with Gasteiger partial charge >= 0.3 is 0 Å². The van der Waals surface area contributed by atoms with Crippen LogP contribution in [0.1, 0.15) is 18.4 Å². The normalized spacial score (nSPS) is 17.8. The molecule has 1 fully saturated rings. The third-order valence-corrected chi connectivity index (χ3v) is 5.71. The van der Waals surface area contributed by atoms with Gasteiger partial charge in [-0.1, -0.05) is 29.8 Å². The summed E-state index contributed by atoms with van der Waals surface area (Å²) < 4.78 is 5.60. The second-order valence-corrected chi connectivity index (χ2v) is 7.90. The molecule has 1 aromatic heterocycles. The number of hydrogen-bond donors (Lipinski definition) is 1. The molecule has 3 aromatic rings. The maximum Gasteiger partial charge on any atom is 0.128 e. The van der Waals surface area contributed by atoms with Crippen molar-refractivity contribution in [3.63, 3.8) is 0 Å². The molecule has 4 nitrogen and oxygen atoms in total. The van der Waals surface area contributed by atoms with Gasteiger partial charge < -0.3 is 9.84 Å². The quantitative estimate of drug-likeness (QED) is 0.674. The van der Waals surface area contributed by atoms with Crippen molar-refractivity contribution < 1.29 is 9.84 Å². The highest BCUT2D eigenvalue weighted by molar-refractivity contribution is 6.31. The fourth-order valence-corrected chi connectivity index (χ4v) is 4.23. The van der Waals surface area contributed by atoms with E-state index in [0.717, 1.165) is 65.9 Å². The van der Waals surface area contributed by atoms with Crippen molar-refractivity contribution in [1.82, 2.24) is 9.88 Å². The fourth-order valence-electron chi connectivity index (χ4n) is 4.06. The summed E-state index contributed by atoms with van der Waals surface area (Å²) in [5.74, 6) is 1.17. The number of ether oxygens (including phenoxy) is 1. The third kappa shape index (κ3) is 4.00. The first-order valence-electron chi connectivity index (χ1n) is 9.73. The summed E-state index contributed by atoms with van der Waals surface area (Å²) >= 11 is 6.21. The Bertz CT molecular complexity index is 976. The van der Waals surface area contributed by atoms with E-state index in [1.165, 1.54) is 0 Å². The molecule has 0 amide bonds. The van der Waals surface area contributed by atoms with Crippen LogP contribution in [0, 0.1) is 5.92 Å². The summed E-state index contributed by atoms with van der Waals surface area (Å²) in [6, 6.07) is 16.0. The zero-order chi connectivity index (χ0) is 19.5. The molecule has 2 heterocycles. The van der Waals surface area contributed by atoms with Crippen LogP contribution in [0.5, 0.6) is 5.75 Å². The highest BCUT2D eigenvalue weighted by Gasteiger charge is 2.22. The Morgan fingerprint density at radius 2 is 2.07 bits per heavy atom. The van der Waals surface area contributed by atoms with Gasteiger partial charge in [0.1, 0.15) is 5.75 Å². The number of para-hydroxylation sites is 1. The van der Waals surface area contributed by atoms with Crippen molar-refractivity contribution in [1.29, 1.82) is 0 Å². The van der Waals surface area contributed by atoms with Gasteiger partial charge in [-0.15, -0.1) is 0 Å². The molecular weight excluding hydrogens is 372 g/mol. The molecule has 2 aromatic carbocycles. The predicted octanol–water partition coefficient (Wildman–Crippen LogP) is 4.77. The lowest BCUT2D eigenvalue weighted by Gasteiger charge is -2.32. The molecule has 0 radical (unpaired) electrons. The number of halogens is 1. The number of fused-ring (bicyclic) bond motifs is 1. The van der Waals surface area contributed by atoms with Gasteiger partial charge in [-0.3, -0.25) is 4.90 Å². The molecule has 0 bridgehead atoms. The van der Waals surface area contributed by atoms with Crippen LogP contribution in [0.2, 0.25) is 5.02 Å². The van der Waals surface area contributed by atoms with Crippen LogP contribution in [0.4, 0.5) is 0 Å². The Balaban J connectivity index is 1.80. The van der Waals surface area contributed by atoms with Gasteiger partial charge in [0, 0.05) is 35.7 Å². The van der Waals surface area contributed by atoms with Gasteiger partial charge in [-0.05, 0) is 61.2 Å². The number of piperidine rings is 1. The van der Waals surface area contributed by atoms with Gasteiger partial charge in [0.2, 0.25) is 0 Å². The Labute approximate surface area is 170 Å². The minimum atomic E-state index is 0.254. The lowest BCUT2D eigenvalue weighted by Crippen LogP contribution is -2.36. The van der Waals surface area contributed by atoms with Crippen molar-refractivity contribution in [2.24, 2.45) is 5.92 Å². The van der Waals surface area contributed by atoms with Crippen LogP contribution >= 0.6 is 11.6 Å². The van der Waals surface area contributed by atoms with E-state index in [-0.39, 0.29) is 6.61 Å². The van der Waals surface area contributed by atoms with Crippen LogP contribution < -0.4 is 4.74 Å². The first-order chi connectivity index (χ1) is 13.7. The molecule has 1 N–H and O–H groups in total. The Morgan fingerprint density at radius 1 is 1.21 bits per heavy atom. The van der Waals surface area contributed by atoms with Gasteiger partial charge in [0.25, 0.3) is 0 Å². The van der Waals surface area contributed by atoms with Gasteiger partial charge in [-0.2, -0.15) is 0 Å². The number of aliphatic hydroxyl groups is 1. The molecule has 0 saturated carbocycles. The van der Waals surface area contributed by atoms with Crippen molar-refractivity contribution in [2.75, 3.05) is 26.8 Å². The topological polar surface area (TPSA) is 45.6 Å². The lowest BCUT2D eigenvalue weighted by atomic mass is 9.97. The number of pyridine rings is 1. The number of nitrogens with zero attached hydrogens (tertiary/aromatic N) is 2. The van der Waals surface area contributed by atoms with Crippen LogP contribution in [0.3, 0.4) is 0 Å². The summed E-state index contributed by atoms with van der Waals surface area (Å²) in [4.78, 5) is 7.40. The standard InChI is InChI=1S/C23H25ClN2O2/c1-28-22-7-3-2-6-20(22)23-18(14-26-10-4-5-16(13-26)15-27)11-17-8-9-19(24)12-21(17)25-23/h2-3,6-9,11-12,16,27H,4-5,10,13-15H2,1H3/t16-/m0/s1. The number of methoxy groups -OCH3 is 1. The van der Waals surface area contributed by atoms with E-state index >= 15 is 0 Å². The third-order valence-electron chi connectivity index (χ3n) is 5.48. The summed E-state index contributed by atoms with van der Waals surface area (Å²) in [6.45, 7) is 3.01. The van der Waals surface area contributed by atoms with Crippen LogP contribution in [-0.2, 0) is 6.54 Å². The number of rotatable bonds is 5. The monoisotopic (exact) mass is 396 g/mol. The molecule has 0 unspecified atom stereocenters. The number of benzene rings is 2. The Kier molecular flexibility index (Phi) is 5.81. The SMILES string of the molecule is COc1ccccc1-c1nc2cc(Cl)ccc2cc1CN1CCC[C@H](CO)C1. The number of aromatic nitrogens is 1. The zero-order valence-corrected chi connectivity index (χ0v) is 16.8. The summed E-state index contributed by atoms with van der Waals surface area (Å²) in [5, 5.41) is 11.3. The molecule has 1 saturated heterocycles. The minimum Gasteiger partial charge on any atom is -0.496 e. The largest absolute Gasteiger partial charge is 0.496 e. The van der Waals surface area contributed by atoms with Gasteiger partial charge in [0.05, 0.1) is 18.3 Å². The first-order valence-corrected chi connectivity index (χ1v) is 10.1. The van der Waals surface area contributed by atoms with Crippen LogP contribution in [0.15, 0.2) is 48.5 Å². The van der Waals surface area contributed by atoms with Crippen molar-refractivity contribution >= 4 is 22.5 Å². The average Bonchev–Trinajstić information content (AvgIpc) is 2.73. The van der Waals surface area contributed by atoms with Gasteiger partial charge in [0.15, 0.2) is 0 Å².